The molecule has 0 N–H and O–H groups in total. The van der Waals surface area contributed by atoms with Gasteiger partial charge in [-0.25, -0.2) is 14.8 Å². The molecule has 0 unspecified atom stereocenters. The van der Waals surface area contributed by atoms with E-state index in [1.807, 2.05) is 12.1 Å². The Hall–Kier alpha value is -1.69. The molecule has 6 heteroatoms. The van der Waals surface area contributed by atoms with Crippen LogP contribution in [0.4, 0.5) is 0 Å². The van der Waals surface area contributed by atoms with E-state index in [2.05, 4.69) is 30.6 Å². The minimum absolute atomic E-state index is 0.182. The van der Waals surface area contributed by atoms with Crippen LogP contribution in [-0.4, -0.2) is 27.6 Å². The van der Waals surface area contributed by atoms with E-state index >= 15 is 0 Å². The van der Waals surface area contributed by atoms with Crippen molar-refractivity contribution in [1.82, 2.24) is 14.5 Å². The molecule has 2 aromatic rings. The van der Waals surface area contributed by atoms with Gasteiger partial charge in [-0.1, -0.05) is 0 Å². The number of hydrogen-bond donors (Lipinski definition) is 0. The van der Waals surface area contributed by atoms with Gasteiger partial charge in [-0.2, -0.15) is 0 Å². The van der Waals surface area contributed by atoms with Crippen LogP contribution in [0.15, 0.2) is 35.3 Å². The second-order valence-corrected chi connectivity index (χ2v) is 3.76. The summed E-state index contributed by atoms with van der Waals surface area (Å²) < 4.78 is 6.90. The normalized spacial score (nSPS) is 10.1. The van der Waals surface area contributed by atoms with Gasteiger partial charge in [0.2, 0.25) is 0 Å². The molecule has 0 atom stereocenters. The number of halogens is 1. The fourth-order valence-corrected chi connectivity index (χ4v) is 1.53. The van der Waals surface area contributed by atoms with Crippen molar-refractivity contribution in [3.05, 3.63) is 41.0 Å². The molecule has 0 bridgehead atoms. The summed E-state index contributed by atoms with van der Waals surface area (Å²) in [6.07, 6.45) is 5.02. The van der Waals surface area contributed by atoms with E-state index in [0.717, 1.165) is 0 Å². The van der Waals surface area contributed by atoms with Gasteiger partial charge < -0.3 is 9.30 Å². The molecule has 0 aliphatic carbocycles. The Morgan fingerprint density at radius 1 is 1.44 bits per heavy atom. The number of methoxy groups -OCH3 is 1. The number of esters is 1. The fourth-order valence-electron chi connectivity index (χ4n) is 1.25. The first-order valence-electron chi connectivity index (χ1n) is 4.46. The maximum absolute atomic E-state index is 11.5. The summed E-state index contributed by atoms with van der Waals surface area (Å²) in [4.78, 5) is 19.7. The van der Waals surface area contributed by atoms with E-state index in [0.29, 0.717) is 10.4 Å². The third-order valence-corrected chi connectivity index (χ3v) is 2.33. The predicted octanol–water partition coefficient (Wildman–Crippen LogP) is 1.82. The highest BCUT2D eigenvalue weighted by molar-refractivity contribution is 9.10. The molecule has 0 fully saturated rings. The Bertz CT molecular complexity index is 511. The molecule has 0 amide bonds. The molecule has 0 aliphatic heterocycles. The van der Waals surface area contributed by atoms with Gasteiger partial charge in [-0.3, -0.25) is 0 Å². The average Bonchev–Trinajstić information content (AvgIpc) is 2.81. The summed E-state index contributed by atoms with van der Waals surface area (Å²) in [7, 11) is 1.31. The minimum atomic E-state index is -0.510. The molecule has 5 nitrogen and oxygen atoms in total. The second-order valence-electron chi connectivity index (χ2n) is 2.95. The van der Waals surface area contributed by atoms with Gasteiger partial charge in [0.05, 0.1) is 13.3 Å². The first kappa shape index (κ1) is 10.8. The van der Waals surface area contributed by atoms with E-state index in [-0.39, 0.29) is 5.69 Å². The zero-order chi connectivity index (χ0) is 11.5. The third kappa shape index (κ3) is 1.96. The number of carbonyl (C=O) groups excluding carboxylic acids is 1. The van der Waals surface area contributed by atoms with Gasteiger partial charge in [0.15, 0.2) is 11.5 Å². The van der Waals surface area contributed by atoms with Crippen molar-refractivity contribution in [1.29, 1.82) is 0 Å². The van der Waals surface area contributed by atoms with Crippen LogP contribution in [0.25, 0.3) is 5.82 Å². The second kappa shape index (κ2) is 4.44. The van der Waals surface area contributed by atoms with Crippen molar-refractivity contribution in [2.45, 2.75) is 0 Å². The highest BCUT2D eigenvalue weighted by atomic mass is 79.9. The van der Waals surface area contributed by atoms with Crippen LogP contribution in [0.1, 0.15) is 10.5 Å². The Morgan fingerprint density at radius 2 is 2.12 bits per heavy atom. The number of carbonyl (C=O) groups is 1. The molecule has 82 valence electrons. The summed E-state index contributed by atoms with van der Waals surface area (Å²) in [6.45, 7) is 0. The number of rotatable bonds is 2. The van der Waals surface area contributed by atoms with Crippen LogP contribution in [0.2, 0.25) is 0 Å². The first-order chi connectivity index (χ1) is 7.72. The Labute approximate surface area is 100 Å². The standard InChI is InChI=1S/C10H8BrN3O2/c1-16-10(15)8-9(13-7(11)6-12-8)14-4-2-3-5-14/h2-6H,1H3. The van der Waals surface area contributed by atoms with Gasteiger partial charge in [-0.15, -0.1) is 0 Å². The van der Waals surface area contributed by atoms with Gasteiger partial charge in [0.1, 0.15) is 4.60 Å². The van der Waals surface area contributed by atoms with Crippen LogP contribution >= 0.6 is 15.9 Å². The van der Waals surface area contributed by atoms with Gasteiger partial charge in [-0.05, 0) is 28.1 Å². The lowest BCUT2D eigenvalue weighted by molar-refractivity contribution is 0.0593. The maximum atomic E-state index is 11.5. The lowest BCUT2D eigenvalue weighted by Gasteiger charge is -2.06. The summed E-state index contributed by atoms with van der Waals surface area (Å²) in [5, 5.41) is 0. The molecule has 0 aromatic carbocycles. The van der Waals surface area contributed by atoms with Gasteiger partial charge >= 0.3 is 5.97 Å². The van der Waals surface area contributed by atoms with Crippen molar-refractivity contribution in [2.75, 3.05) is 7.11 Å². The fraction of sp³-hybridized carbons (Fsp3) is 0.100. The summed E-state index contributed by atoms with van der Waals surface area (Å²) in [5.74, 6) is -0.0741. The van der Waals surface area contributed by atoms with E-state index in [9.17, 15) is 4.79 Å². The summed E-state index contributed by atoms with van der Waals surface area (Å²) in [6, 6.07) is 3.67. The van der Waals surface area contributed by atoms with Crippen LogP contribution in [0, 0.1) is 0 Å². The van der Waals surface area contributed by atoms with E-state index in [1.165, 1.54) is 13.3 Å². The predicted molar refractivity (Wildman–Crippen MR) is 60.4 cm³/mol. The highest BCUT2D eigenvalue weighted by Gasteiger charge is 2.16. The van der Waals surface area contributed by atoms with Crippen molar-refractivity contribution in [3.63, 3.8) is 0 Å². The third-order valence-electron chi connectivity index (χ3n) is 1.95. The molecule has 0 saturated heterocycles. The van der Waals surface area contributed by atoms with Crippen molar-refractivity contribution in [2.24, 2.45) is 0 Å². The van der Waals surface area contributed by atoms with Crippen LogP contribution in [0.5, 0.6) is 0 Å². The lowest BCUT2D eigenvalue weighted by atomic mass is 10.4. The smallest absolute Gasteiger partial charge is 0.360 e. The number of nitrogens with zero attached hydrogens (tertiary/aromatic N) is 3. The van der Waals surface area contributed by atoms with Crippen molar-refractivity contribution in [3.8, 4) is 5.82 Å². The molecule has 0 radical (unpaired) electrons. The topological polar surface area (TPSA) is 57.0 Å². The molecule has 0 spiro atoms. The molecule has 2 heterocycles. The average molecular weight is 282 g/mol. The zero-order valence-electron chi connectivity index (χ0n) is 8.42. The van der Waals surface area contributed by atoms with Crippen LogP contribution in [-0.2, 0) is 4.74 Å². The zero-order valence-corrected chi connectivity index (χ0v) is 10.0. The Kier molecular flexibility index (Phi) is 3.00. The van der Waals surface area contributed by atoms with Crippen LogP contribution < -0.4 is 0 Å². The number of aromatic nitrogens is 3. The maximum Gasteiger partial charge on any atom is 0.360 e. The van der Waals surface area contributed by atoms with Crippen molar-refractivity contribution >= 4 is 21.9 Å². The van der Waals surface area contributed by atoms with E-state index in [1.54, 1.807) is 17.0 Å². The molecule has 0 aliphatic rings. The molecule has 16 heavy (non-hydrogen) atoms. The monoisotopic (exact) mass is 281 g/mol. The summed E-state index contributed by atoms with van der Waals surface area (Å²) >= 11 is 3.21. The lowest BCUT2D eigenvalue weighted by Crippen LogP contribution is -2.11. The molecular weight excluding hydrogens is 274 g/mol. The Morgan fingerprint density at radius 3 is 2.75 bits per heavy atom. The van der Waals surface area contributed by atoms with Gasteiger partial charge in [0, 0.05) is 12.4 Å². The summed E-state index contributed by atoms with van der Waals surface area (Å²) in [5.41, 5.74) is 0.182. The largest absolute Gasteiger partial charge is 0.464 e. The first-order valence-corrected chi connectivity index (χ1v) is 5.26. The van der Waals surface area contributed by atoms with Crippen molar-refractivity contribution < 1.29 is 9.53 Å². The minimum Gasteiger partial charge on any atom is -0.464 e. The number of ether oxygens (including phenoxy) is 1. The Balaban J connectivity index is 2.57. The molecule has 2 rings (SSSR count). The number of hydrogen-bond acceptors (Lipinski definition) is 4. The molecular formula is C10H8BrN3O2. The van der Waals surface area contributed by atoms with Gasteiger partial charge in [0.25, 0.3) is 0 Å². The van der Waals surface area contributed by atoms with E-state index in [4.69, 9.17) is 0 Å². The highest BCUT2D eigenvalue weighted by Crippen LogP contribution is 2.14. The molecule has 2 aromatic heterocycles. The molecule has 0 saturated carbocycles. The van der Waals surface area contributed by atoms with Crippen LogP contribution in [0.3, 0.4) is 0 Å². The quantitative estimate of drug-likeness (QED) is 0.788. The SMILES string of the molecule is COC(=O)c1ncc(Br)nc1-n1cccc1. The van der Waals surface area contributed by atoms with E-state index < -0.39 is 5.97 Å².